The monoisotopic (exact) mass is 656 g/mol. The van der Waals surface area contributed by atoms with E-state index in [9.17, 15) is 18.0 Å². The number of ether oxygens (including phenoxy) is 2. The number of rotatable bonds is 11. The Hall–Kier alpha value is -3.37. The van der Waals surface area contributed by atoms with Crippen molar-refractivity contribution in [3.63, 3.8) is 0 Å². The van der Waals surface area contributed by atoms with Gasteiger partial charge in [-0.3, -0.25) is 4.79 Å². The Morgan fingerprint density at radius 3 is 2.33 bits per heavy atom. The Balaban J connectivity index is 1.66. The molecule has 1 aliphatic rings. The number of nitrogens with one attached hydrogen (secondary N) is 1. The van der Waals surface area contributed by atoms with Crippen molar-refractivity contribution in [2.75, 3.05) is 30.9 Å². The molecule has 1 unspecified atom stereocenters. The van der Waals surface area contributed by atoms with Crippen LogP contribution in [0.3, 0.4) is 0 Å². The van der Waals surface area contributed by atoms with Gasteiger partial charge in [-0.1, -0.05) is 75.2 Å². The Morgan fingerprint density at radius 2 is 1.71 bits per heavy atom. The zero-order valence-electron chi connectivity index (χ0n) is 24.1. The fourth-order valence-corrected chi connectivity index (χ4v) is 7.98. The van der Waals surface area contributed by atoms with Gasteiger partial charge in [-0.05, 0) is 52.5 Å². The van der Waals surface area contributed by atoms with Crippen LogP contribution in [0.1, 0.15) is 51.1 Å². The van der Waals surface area contributed by atoms with Crippen LogP contribution in [0.4, 0.5) is 11.4 Å². The minimum absolute atomic E-state index is 0.0201. The highest BCUT2D eigenvalue weighted by Crippen LogP contribution is 2.46. The molecule has 0 saturated heterocycles. The number of halogens is 1. The molecule has 1 N–H and O–H groups in total. The van der Waals surface area contributed by atoms with Crippen molar-refractivity contribution in [2.45, 2.75) is 50.5 Å². The molecule has 8 nitrogen and oxygen atoms in total. The third-order valence-electron chi connectivity index (χ3n) is 7.74. The maximum atomic E-state index is 14.0. The van der Waals surface area contributed by atoms with Gasteiger partial charge < -0.3 is 19.7 Å². The lowest BCUT2D eigenvalue weighted by Crippen LogP contribution is -2.37. The first kappa shape index (κ1) is 31.6. The van der Waals surface area contributed by atoms with Crippen LogP contribution in [0.2, 0.25) is 0 Å². The van der Waals surface area contributed by atoms with Gasteiger partial charge in [0.15, 0.2) is 22.5 Å². The number of hydrogen-bond acceptors (Lipinski definition) is 7. The number of amides is 1. The Labute approximate surface area is 256 Å². The van der Waals surface area contributed by atoms with Gasteiger partial charge in [-0.25, -0.2) is 13.2 Å². The first-order valence-corrected chi connectivity index (χ1v) is 16.5. The van der Waals surface area contributed by atoms with Gasteiger partial charge in [0.1, 0.15) is 5.75 Å². The Kier molecular flexibility index (Phi) is 10.3. The summed E-state index contributed by atoms with van der Waals surface area (Å²) in [5.74, 6) is -0.941. The molecular weight excluding hydrogens is 620 g/mol. The summed E-state index contributed by atoms with van der Waals surface area (Å²) in [6.07, 6.45) is 3.43. The summed E-state index contributed by atoms with van der Waals surface area (Å²) in [7, 11) is -2.47. The van der Waals surface area contributed by atoms with Crippen LogP contribution in [-0.4, -0.2) is 46.3 Å². The molecule has 0 fully saturated rings. The molecule has 4 rings (SSSR count). The molecule has 42 heavy (non-hydrogen) atoms. The van der Waals surface area contributed by atoms with Crippen LogP contribution in [0.25, 0.3) is 0 Å². The Morgan fingerprint density at radius 1 is 1.05 bits per heavy atom. The van der Waals surface area contributed by atoms with Crippen LogP contribution in [-0.2, 0) is 24.2 Å². The normalized spacial score (nSPS) is 18.3. The first-order chi connectivity index (χ1) is 20.1. The molecule has 0 bridgehead atoms. The summed E-state index contributed by atoms with van der Waals surface area (Å²) in [5, 5.41) is 2.65. The number of fused-ring (bicyclic) bond motifs is 1. The molecule has 1 amide bonds. The van der Waals surface area contributed by atoms with Gasteiger partial charge in [0.05, 0.1) is 27.9 Å². The van der Waals surface area contributed by atoms with E-state index >= 15 is 0 Å². The highest BCUT2D eigenvalue weighted by molar-refractivity contribution is 9.10. The predicted molar refractivity (Wildman–Crippen MR) is 167 cm³/mol. The highest BCUT2D eigenvalue weighted by atomic mass is 79.9. The number of nitrogens with zero attached hydrogens (tertiary/aromatic N) is 1. The molecule has 0 aromatic heterocycles. The number of carbonyl (C=O) groups excluding carboxylic acids is 2. The van der Waals surface area contributed by atoms with E-state index in [-0.39, 0.29) is 16.4 Å². The number of methoxy groups -OCH3 is 1. The van der Waals surface area contributed by atoms with E-state index in [0.29, 0.717) is 22.3 Å². The molecule has 3 aromatic rings. The maximum Gasteiger partial charge on any atom is 0.333 e. The SMILES string of the molecule is CCCCC1(CC)CN(c2ccccc2)c2cc(Br)c(OCC(=O)N[C@H](C(=O)OC)c3ccccc3)cc2S(=O)(=O)C1. The summed E-state index contributed by atoms with van der Waals surface area (Å²) in [6, 6.07) is 20.8. The number of esters is 1. The molecule has 0 radical (unpaired) electrons. The lowest BCUT2D eigenvalue weighted by atomic mass is 9.81. The van der Waals surface area contributed by atoms with E-state index in [0.717, 1.165) is 31.4 Å². The molecule has 1 heterocycles. The van der Waals surface area contributed by atoms with Crippen LogP contribution < -0.4 is 15.0 Å². The Bertz CT molecular complexity index is 1500. The molecular formula is C32H37BrN2O6S. The molecule has 1 aliphatic heterocycles. The van der Waals surface area contributed by atoms with Gasteiger partial charge in [0.2, 0.25) is 0 Å². The largest absolute Gasteiger partial charge is 0.483 e. The molecule has 10 heteroatoms. The molecule has 0 saturated carbocycles. The lowest BCUT2D eigenvalue weighted by Gasteiger charge is -2.36. The molecule has 0 spiro atoms. The van der Waals surface area contributed by atoms with Gasteiger partial charge in [-0.2, -0.15) is 0 Å². The fraction of sp³-hybridized carbons (Fsp3) is 0.375. The van der Waals surface area contributed by atoms with Crippen molar-refractivity contribution in [1.82, 2.24) is 5.32 Å². The second-order valence-corrected chi connectivity index (χ2v) is 13.4. The number of unbranched alkanes of at least 4 members (excludes halogenated alkanes) is 1. The highest BCUT2D eigenvalue weighted by Gasteiger charge is 2.42. The number of hydrogen-bond donors (Lipinski definition) is 1. The summed E-state index contributed by atoms with van der Waals surface area (Å²) in [4.78, 5) is 27.5. The van der Waals surface area contributed by atoms with Crippen molar-refractivity contribution in [3.8, 4) is 5.75 Å². The summed E-state index contributed by atoms with van der Waals surface area (Å²) >= 11 is 3.55. The van der Waals surface area contributed by atoms with Crippen molar-refractivity contribution in [1.29, 1.82) is 0 Å². The van der Waals surface area contributed by atoms with Gasteiger partial charge >= 0.3 is 5.97 Å². The van der Waals surface area contributed by atoms with Crippen molar-refractivity contribution in [3.05, 3.63) is 82.8 Å². The van der Waals surface area contributed by atoms with E-state index < -0.39 is 39.8 Å². The molecule has 2 atom stereocenters. The van der Waals surface area contributed by atoms with Crippen molar-refractivity contribution in [2.24, 2.45) is 5.41 Å². The average molecular weight is 658 g/mol. The van der Waals surface area contributed by atoms with Gasteiger partial charge in [0.25, 0.3) is 5.91 Å². The van der Waals surface area contributed by atoms with Crippen LogP contribution in [0.15, 0.2) is 82.2 Å². The van der Waals surface area contributed by atoms with E-state index in [1.165, 1.54) is 13.2 Å². The third kappa shape index (κ3) is 7.15. The number of carbonyl (C=O) groups is 2. The van der Waals surface area contributed by atoms with Gasteiger partial charge in [0, 0.05) is 23.7 Å². The van der Waals surface area contributed by atoms with Crippen molar-refractivity contribution >= 4 is 49.0 Å². The van der Waals surface area contributed by atoms with E-state index in [4.69, 9.17) is 9.47 Å². The van der Waals surface area contributed by atoms with Gasteiger partial charge in [-0.15, -0.1) is 0 Å². The smallest absolute Gasteiger partial charge is 0.333 e. The van der Waals surface area contributed by atoms with Crippen LogP contribution in [0, 0.1) is 5.41 Å². The van der Waals surface area contributed by atoms with Crippen LogP contribution >= 0.6 is 15.9 Å². The summed E-state index contributed by atoms with van der Waals surface area (Å²) < 4.78 is 39.2. The summed E-state index contributed by atoms with van der Waals surface area (Å²) in [5.41, 5.74) is 1.60. The van der Waals surface area contributed by atoms with E-state index in [2.05, 4.69) is 40.0 Å². The van der Waals surface area contributed by atoms with Crippen LogP contribution in [0.5, 0.6) is 5.75 Å². The molecule has 224 valence electrons. The zero-order chi connectivity index (χ0) is 30.3. The summed E-state index contributed by atoms with van der Waals surface area (Å²) in [6.45, 7) is 4.30. The number of anilines is 2. The fourth-order valence-electron chi connectivity index (χ4n) is 5.36. The second kappa shape index (κ2) is 13.7. The lowest BCUT2D eigenvalue weighted by molar-refractivity contribution is -0.145. The minimum Gasteiger partial charge on any atom is -0.483 e. The van der Waals surface area contributed by atoms with E-state index in [1.807, 2.05) is 30.3 Å². The zero-order valence-corrected chi connectivity index (χ0v) is 26.5. The molecule has 3 aromatic carbocycles. The first-order valence-electron chi connectivity index (χ1n) is 14.1. The number of benzene rings is 3. The van der Waals surface area contributed by atoms with E-state index in [1.54, 1.807) is 36.4 Å². The van der Waals surface area contributed by atoms with Crippen molar-refractivity contribution < 1.29 is 27.5 Å². The predicted octanol–water partition coefficient (Wildman–Crippen LogP) is 6.37. The third-order valence-corrected chi connectivity index (χ3v) is 10.4. The standard InChI is InChI=1S/C32H37BrN2O6S/c1-4-6-17-32(5-2)21-35(24-15-11-8-12-16-24)26-18-25(33)27(19-28(26)42(38,39)22-32)41-20-29(36)34-30(31(37)40-3)23-13-9-7-10-14-23/h7-16,18-19,30H,4-6,17,20-22H2,1-3H3,(H,34,36)/t30-,32?/m0/s1. The maximum absolute atomic E-state index is 14.0. The minimum atomic E-state index is -3.72. The average Bonchev–Trinajstić information content (AvgIpc) is 3.09. The topological polar surface area (TPSA) is 102 Å². The number of para-hydroxylation sites is 1. The quantitative estimate of drug-likeness (QED) is 0.239. The number of sulfone groups is 1. The second-order valence-electron chi connectivity index (χ2n) is 10.6. The molecule has 0 aliphatic carbocycles.